The Hall–Kier alpha value is -1.88. The molecule has 2 heterocycles. The van der Waals surface area contributed by atoms with Gasteiger partial charge in [-0.1, -0.05) is 18.2 Å². The summed E-state index contributed by atoms with van der Waals surface area (Å²) in [5.74, 6) is 3.62. The second-order valence-corrected chi connectivity index (χ2v) is 7.46. The van der Waals surface area contributed by atoms with Crippen molar-refractivity contribution in [3.8, 4) is 5.75 Å². The SMILES string of the molecule is CCOCCCNC(=NCc1nnc(C)n1C)N1CCC(Oc2ccccc2)CC1.I. The molecular weight excluding hydrogens is 507 g/mol. The lowest BCUT2D eigenvalue weighted by molar-refractivity contribution is 0.128. The number of piperidine rings is 1. The third kappa shape index (κ3) is 7.95. The highest BCUT2D eigenvalue weighted by molar-refractivity contribution is 14.0. The Bertz CT molecular complexity index is 791. The number of aromatic nitrogens is 3. The number of guanidine groups is 1. The number of nitrogens with one attached hydrogen (secondary N) is 1. The molecule has 2 aromatic rings. The number of aliphatic imine (C=N–C) groups is 1. The van der Waals surface area contributed by atoms with Gasteiger partial charge in [-0.2, -0.15) is 0 Å². The predicted molar refractivity (Wildman–Crippen MR) is 133 cm³/mol. The van der Waals surface area contributed by atoms with Gasteiger partial charge >= 0.3 is 0 Å². The van der Waals surface area contributed by atoms with Crippen LogP contribution in [0.4, 0.5) is 0 Å². The monoisotopic (exact) mass is 542 g/mol. The van der Waals surface area contributed by atoms with E-state index >= 15 is 0 Å². The molecule has 9 heteroatoms. The quantitative estimate of drug-likeness (QED) is 0.227. The fourth-order valence-electron chi connectivity index (χ4n) is 3.40. The van der Waals surface area contributed by atoms with Crippen LogP contribution >= 0.6 is 24.0 Å². The molecule has 0 atom stereocenters. The number of hydrogen-bond donors (Lipinski definition) is 1. The number of hydrogen-bond acceptors (Lipinski definition) is 5. The molecule has 172 valence electrons. The summed E-state index contributed by atoms with van der Waals surface area (Å²) in [6.07, 6.45) is 3.13. The van der Waals surface area contributed by atoms with Crippen molar-refractivity contribution in [3.05, 3.63) is 42.0 Å². The molecule has 31 heavy (non-hydrogen) atoms. The summed E-state index contributed by atoms with van der Waals surface area (Å²) < 4.78 is 13.6. The summed E-state index contributed by atoms with van der Waals surface area (Å²) in [6.45, 7) is 8.63. The Morgan fingerprint density at radius 1 is 1.19 bits per heavy atom. The highest BCUT2D eigenvalue weighted by atomic mass is 127. The van der Waals surface area contributed by atoms with Crippen molar-refractivity contribution in [3.63, 3.8) is 0 Å². The zero-order valence-corrected chi connectivity index (χ0v) is 21.1. The zero-order chi connectivity index (χ0) is 21.2. The first kappa shape index (κ1) is 25.4. The van der Waals surface area contributed by atoms with Gasteiger partial charge in [-0.3, -0.25) is 0 Å². The second-order valence-electron chi connectivity index (χ2n) is 7.46. The Kier molecular flexibility index (Phi) is 11.1. The van der Waals surface area contributed by atoms with Crippen molar-refractivity contribution in [2.24, 2.45) is 12.0 Å². The Morgan fingerprint density at radius 2 is 1.94 bits per heavy atom. The third-order valence-corrected chi connectivity index (χ3v) is 5.29. The maximum atomic E-state index is 6.13. The average molecular weight is 542 g/mol. The molecule has 0 saturated carbocycles. The van der Waals surface area contributed by atoms with Gasteiger partial charge in [-0.05, 0) is 32.4 Å². The Labute approximate surface area is 202 Å². The highest BCUT2D eigenvalue weighted by Crippen LogP contribution is 2.18. The minimum atomic E-state index is 0. The van der Waals surface area contributed by atoms with Crippen molar-refractivity contribution in [2.75, 3.05) is 32.8 Å². The normalized spacial score (nSPS) is 14.9. The van der Waals surface area contributed by atoms with Crippen LogP contribution in [0.5, 0.6) is 5.75 Å². The predicted octanol–water partition coefficient (Wildman–Crippen LogP) is 3.16. The fourth-order valence-corrected chi connectivity index (χ4v) is 3.40. The molecule has 0 radical (unpaired) electrons. The van der Waals surface area contributed by atoms with Crippen LogP contribution in [0.15, 0.2) is 35.3 Å². The van der Waals surface area contributed by atoms with Crippen molar-refractivity contribution in [1.29, 1.82) is 0 Å². The largest absolute Gasteiger partial charge is 0.490 e. The third-order valence-electron chi connectivity index (χ3n) is 5.29. The molecule has 0 bridgehead atoms. The number of benzene rings is 1. The topological polar surface area (TPSA) is 76.8 Å². The fraction of sp³-hybridized carbons (Fsp3) is 0.591. The molecule has 1 aromatic carbocycles. The van der Waals surface area contributed by atoms with E-state index in [9.17, 15) is 0 Å². The molecule has 0 amide bonds. The molecule has 1 fully saturated rings. The van der Waals surface area contributed by atoms with Crippen LogP contribution in [-0.4, -0.2) is 64.6 Å². The van der Waals surface area contributed by atoms with Gasteiger partial charge < -0.3 is 24.3 Å². The molecule has 1 saturated heterocycles. The minimum Gasteiger partial charge on any atom is -0.490 e. The van der Waals surface area contributed by atoms with Gasteiger partial charge in [0.05, 0.1) is 0 Å². The standard InChI is InChI=1S/C22H34N6O2.HI/c1-4-29-16-8-13-23-22(24-17-21-26-25-18(2)27(21)3)28-14-11-20(12-15-28)30-19-9-6-5-7-10-19;/h5-7,9-10,20H,4,8,11-17H2,1-3H3,(H,23,24);1H. The minimum absolute atomic E-state index is 0. The van der Waals surface area contributed by atoms with E-state index in [4.69, 9.17) is 14.5 Å². The lowest BCUT2D eigenvalue weighted by atomic mass is 10.1. The lowest BCUT2D eigenvalue weighted by Crippen LogP contribution is -2.48. The molecule has 3 rings (SSSR count). The molecule has 0 unspecified atom stereocenters. The van der Waals surface area contributed by atoms with E-state index in [2.05, 4.69) is 20.4 Å². The lowest BCUT2D eigenvalue weighted by Gasteiger charge is -2.34. The van der Waals surface area contributed by atoms with E-state index < -0.39 is 0 Å². The highest BCUT2D eigenvalue weighted by Gasteiger charge is 2.23. The molecule has 1 aromatic heterocycles. The summed E-state index contributed by atoms with van der Waals surface area (Å²) in [6, 6.07) is 10.1. The van der Waals surface area contributed by atoms with Gasteiger partial charge in [0.1, 0.15) is 24.2 Å². The second kappa shape index (κ2) is 13.5. The van der Waals surface area contributed by atoms with Gasteiger partial charge in [-0.15, -0.1) is 34.2 Å². The van der Waals surface area contributed by atoms with E-state index in [-0.39, 0.29) is 30.1 Å². The van der Waals surface area contributed by atoms with Crippen LogP contribution in [0.1, 0.15) is 37.8 Å². The summed E-state index contributed by atoms with van der Waals surface area (Å²) >= 11 is 0. The van der Waals surface area contributed by atoms with E-state index in [1.165, 1.54) is 0 Å². The number of halogens is 1. The molecule has 8 nitrogen and oxygen atoms in total. The number of aryl methyl sites for hydroxylation is 1. The summed E-state index contributed by atoms with van der Waals surface area (Å²) in [5.41, 5.74) is 0. The van der Waals surface area contributed by atoms with Gasteiger partial charge in [0.25, 0.3) is 0 Å². The smallest absolute Gasteiger partial charge is 0.194 e. The van der Waals surface area contributed by atoms with Crippen molar-refractivity contribution >= 4 is 29.9 Å². The number of nitrogens with zero attached hydrogens (tertiary/aromatic N) is 5. The molecule has 1 N–H and O–H groups in total. The van der Waals surface area contributed by atoms with Gasteiger partial charge in [0.15, 0.2) is 11.8 Å². The van der Waals surface area contributed by atoms with Crippen LogP contribution < -0.4 is 10.1 Å². The van der Waals surface area contributed by atoms with E-state index in [0.29, 0.717) is 6.54 Å². The van der Waals surface area contributed by atoms with Gasteiger partial charge in [0.2, 0.25) is 0 Å². The number of para-hydroxylation sites is 1. The molecule has 1 aliphatic rings. The molecule has 0 aliphatic carbocycles. The number of rotatable bonds is 9. The van der Waals surface area contributed by atoms with E-state index in [1.807, 2.05) is 55.8 Å². The zero-order valence-electron chi connectivity index (χ0n) is 18.8. The van der Waals surface area contributed by atoms with Crippen LogP contribution in [0, 0.1) is 6.92 Å². The summed E-state index contributed by atoms with van der Waals surface area (Å²) in [5, 5.41) is 11.9. The Morgan fingerprint density at radius 3 is 2.58 bits per heavy atom. The first-order valence-electron chi connectivity index (χ1n) is 10.8. The summed E-state index contributed by atoms with van der Waals surface area (Å²) in [7, 11) is 1.97. The first-order chi connectivity index (χ1) is 14.7. The van der Waals surface area contributed by atoms with Gasteiger partial charge in [-0.25, -0.2) is 4.99 Å². The summed E-state index contributed by atoms with van der Waals surface area (Å²) in [4.78, 5) is 7.16. The molecular formula is C22H35IN6O2. The maximum absolute atomic E-state index is 6.13. The van der Waals surface area contributed by atoms with E-state index in [0.717, 1.165) is 75.5 Å². The van der Waals surface area contributed by atoms with Crippen LogP contribution in [0.3, 0.4) is 0 Å². The molecule has 1 aliphatic heterocycles. The van der Waals surface area contributed by atoms with E-state index in [1.54, 1.807) is 0 Å². The average Bonchev–Trinajstić information content (AvgIpc) is 3.09. The first-order valence-corrected chi connectivity index (χ1v) is 10.8. The van der Waals surface area contributed by atoms with Crippen LogP contribution in [0.2, 0.25) is 0 Å². The van der Waals surface area contributed by atoms with Crippen molar-refractivity contribution in [1.82, 2.24) is 25.0 Å². The van der Waals surface area contributed by atoms with Crippen molar-refractivity contribution in [2.45, 2.75) is 45.8 Å². The Balaban J connectivity index is 0.00000341. The van der Waals surface area contributed by atoms with Crippen LogP contribution in [0.25, 0.3) is 0 Å². The van der Waals surface area contributed by atoms with Crippen molar-refractivity contribution < 1.29 is 9.47 Å². The van der Waals surface area contributed by atoms with Gasteiger partial charge in [0, 0.05) is 52.7 Å². The molecule has 0 spiro atoms. The number of ether oxygens (including phenoxy) is 2. The number of likely N-dealkylation sites (tertiary alicyclic amines) is 1. The maximum Gasteiger partial charge on any atom is 0.194 e. The van der Waals surface area contributed by atoms with Crippen LogP contribution in [-0.2, 0) is 18.3 Å².